The van der Waals surface area contributed by atoms with E-state index >= 15 is 0 Å². The van der Waals surface area contributed by atoms with Crippen molar-refractivity contribution in [2.24, 2.45) is 17.4 Å². The maximum absolute atomic E-state index is 6.03. The molecule has 0 heterocycles. The van der Waals surface area contributed by atoms with Gasteiger partial charge in [0.05, 0.1) is 0 Å². The van der Waals surface area contributed by atoms with E-state index in [0.29, 0.717) is 5.92 Å². The molecule has 0 aliphatic heterocycles. The molecule has 1 atom stereocenters. The summed E-state index contributed by atoms with van der Waals surface area (Å²) >= 11 is 0. The molecular weight excluding hydrogens is 346 g/mol. The van der Waals surface area contributed by atoms with E-state index in [1.165, 1.54) is 16.7 Å². The van der Waals surface area contributed by atoms with Crippen molar-refractivity contribution in [3.63, 3.8) is 0 Å². The third-order valence-electron chi connectivity index (χ3n) is 4.94. The summed E-state index contributed by atoms with van der Waals surface area (Å²) in [5.74, 6) is 1.93. The lowest BCUT2D eigenvalue weighted by molar-refractivity contribution is 0.483. The van der Waals surface area contributed by atoms with Crippen LogP contribution in [0.4, 0.5) is 5.69 Å². The molecule has 0 radical (unpaired) electrons. The average Bonchev–Trinajstić information content (AvgIpc) is 2.68. The molecule has 0 saturated heterocycles. The molecule has 4 nitrogen and oxygen atoms in total. The number of ether oxygens (including phenoxy) is 1. The summed E-state index contributed by atoms with van der Waals surface area (Å²) in [6.45, 7) is 10.4. The van der Waals surface area contributed by atoms with Gasteiger partial charge < -0.3 is 21.9 Å². The third kappa shape index (κ3) is 4.97. The Kier molecular flexibility index (Phi) is 6.94. The van der Waals surface area contributed by atoms with Crippen LogP contribution in [-0.2, 0) is 0 Å². The minimum atomic E-state index is 0.298. The van der Waals surface area contributed by atoms with Crippen LogP contribution in [0.5, 0.6) is 11.5 Å². The van der Waals surface area contributed by atoms with Gasteiger partial charge in [-0.25, -0.2) is 0 Å². The summed E-state index contributed by atoms with van der Waals surface area (Å²) in [6.07, 6.45) is 0. The van der Waals surface area contributed by atoms with Crippen LogP contribution in [0.2, 0.25) is 0 Å². The van der Waals surface area contributed by atoms with E-state index in [1.807, 2.05) is 61.5 Å². The van der Waals surface area contributed by atoms with Gasteiger partial charge in [-0.05, 0) is 80.8 Å². The van der Waals surface area contributed by atoms with E-state index in [0.717, 1.165) is 34.2 Å². The standard InChI is InChI=1S/C12H20N2.C12H11NO/c1-6(2)10-7(3)11(13)9(5)12(14)8(10)4;13-10-6-8-12(9-7-10)14-11-4-2-1-3-5-11/h7H,13-14H2,1-5H3;1-9H,13H2. The zero-order chi connectivity index (χ0) is 20.8. The van der Waals surface area contributed by atoms with E-state index in [4.69, 9.17) is 21.9 Å². The zero-order valence-electron chi connectivity index (χ0n) is 17.4. The van der Waals surface area contributed by atoms with Crippen LogP contribution in [0, 0.1) is 5.92 Å². The van der Waals surface area contributed by atoms with Crippen LogP contribution in [0.1, 0.15) is 34.6 Å². The summed E-state index contributed by atoms with van der Waals surface area (Å²) < 4.78 is 5.58. The quantitative estimate of drug-likeness (QED) is 0.603. The third-order valence-corrected chi connectivity index (χ3v) is 4.94. The number of rotatable bonds is 2. The van der Waals surface area contributed by atoms with Crippen LogP contribution < -0.4 is 21.9 Å². The predicted octanol–water partition coefficient (Wildman–Crippen LogP) is 5.50. The smallest absolute Gasteiger partial charge is 0.127 e. The average molecular weight is 378 g/mol. The van der Waals surface area contributed by atoms with Gasteiger partial charge in [-0.3, -0.25) is 0 Å². The SMILES string of the molecule is CC(C)=C1C(C)=C(N)C(C)=C(N)C1C.Nc1ccc(Oc2ccccc2)cc1. The minimum Gasteiger partial charge on any atom is -0.457 e. The molecule has 1 unspecified atom stereocenters. The van der Waals surface area contributed by atoms with Crippen molar-refractivity contribution in [3.8, 4) is 11.5 Å². The molecule has 0 aromatic heterocycles. The number of hydrogen-bond acceptors (Lipinski definition) is 4. The van der Waals surface area contributed by atoms with Gasteiger partial charge in [0.25, 0.3) is 0 Å². The van der Waals surface area contributed by atoms with E-state index < -0.39 is 0 Å². The minimum absolute atomic E-state index is 0.298. The van der Waals surface area contributed by atoms with Crippen molar-refractivity contribution in [2.45, 2.75) is 34.6 Å². The van der Waals surface area contributed by atoms with Gasteiger partial charge in [-0.15, -0.1) is 0 Å². The maximum atomic E-state index is 6.03. The Labute approximate surface area is 168 Å². The number of anilines is 1. The fraction of sp³-hybridized carbons (Fsp3) is 0.250. The second-order valence-electron chi connectivity index (χ2n) is 7.24. The first kappa shape index (κ1) is 21.2. The zero-order valence-corrected chi connectivity index (χ0v) is 17.4. The first-order chi connectivity index (χ1) is 13.2. The van der Waals surface area contributed by atoms with Gasteiger partial charge in [0.2, 0.25) is 0 Å². The van der Waals surface area contributed by atoms with Crippen LogP contribution in [0.25, 0.3) is 0 Å². The molecular formula is C24H31N3O. The molecule has 0 spiro atoms. The molecule has 148 valence electrons. The second-order valence-corrected chi connectivity index (χ2v) is 7.24. The van der Waals surface area contributed by atoms with Crippen LogP contribution in [0.3, 0.4) is 0 Å². The molecule has 4 heteroatoms. The number of hydrogen-bond donors (Lipinski definition) is 3. The molecule has 2 aromatic carbocycles. The molecule has 2 aromatic rings. The Balaban J connectivity index is 0.000000200. The Hall–Kier alpha value is -3.14. The molecule has 0 saturated carbocycles. The van der Waals surface area contributed by atoms with Gasteiger partial charge in [0, 0.05) is 23.0 Å². The van der Waals surface area contributed by atoms with Crippen molar-refractivity contribution >= 4 is 5.69 Å². The first-order valence-electron chi connectivity index (χ1n) is 9.41. The Morgan fingerprint density at radius 1 is 0.786 bits per heavy atom. The molecule has 0 amide bonds. The highest BCUT2D eigenvalue weighted by molar-refractivity contribution is 5.52. The van der Waals surface area contributed by atoms with E-state index in [9.17, 15) is 0 Å². The van der Waals surface area contributed by atoms with Gasteiger partial charge in [0.15, 0.2) is 0 Å². The Morgan fingerprint density at radius 2 is 1.32 bits per heavy atom. The molecule has 1 aliphatic rings. The molecule has 1 aliphatic carbocycles. The van der Waals surface area contributed by atoms with Crippen molar-refractivity contribution in [1.82, 2.24) is 0 Å². The molecule has 28 heavy (non-hydrogen) atoms. The summed E-state index contributed by atoms with van der Waals surface area (Å²) in [6, 6.07) is 17.0. The van der Waals surface area contributed by atoms with Gasteiger partial charge in [-0.1, -0.05) is 30.7 Å². The molecule has 0 bridgehead atoms. The monoisotopic (exact) mass is 377 g/mol. The van der Waals surface area contributed by atoms with E-state index in [-0.39, 0.29) is 0 Å². The van der Waals surface area contributed by atoms with Crippen molar-refractivity contribution < 1.29 is 4.74 Å². The van der Waals surface area contributed by atoms with Crippen molar-refractivity contribution in [3.05, 3.63) is 88.3 Å². The number of allylic oxidation sites excluding steroid dienone is 4. The Morgan fingerprint density at radius 3 is 1.86 bits per heavy atom. The van der Waals surface area contributed by atoms with Gasteiger partial charge in [0.1, 0.15) is 11.5 Å². The van der Waals surface area contributed by atoms with Crippen LogP contribution in [-0.4, -0.2) is 0 Å². The van der Waals surface area contributed by atoms with E-state index in [1.54, 1.807) is 0 Å². The van der Waals surface area contributed by atoms with Crippen LogP contribution >= 0.6 is 0 Å². The Bertz CT molecular complexity index is 903. The number of nitrogens with two attached hydrogens (primary N) is 3. The predicted molar refractivity (Wildman–Crippen MR) is 119 cm³/mol. The molecule has 3 rings (SSSR count). The number of benzene rings is 2. The lowest BCUT2D eigenvalue weighted by Crippen LogP contribution is -2.23. The maximum Gasteiger partial charge on any atom is 0.127 e. The van der Waals surface area contributed by atoms with Gasteiger partial charge >= 0.3 is 0 Å². The topological polar surface area (TPSA) is 87.3 Å². The van der Waals surface area contributed by atoms with Gasteiger partial charge in [-0.2, -0.15) is 0 Å². The highest BCUT2D eigenvalue weighted by Crippen LogP contribution is 2.35. The fourth-order valence-corrected chi connectivity index (χ4v) is 3.36. The normalized spacial score (nSPS) is 16.5. The largest absolute Gasteiger partial charge is 0.457 e. The summed E-state index contributed by atoms with van der Waals surface area (Å²) in [7, 11) is 0. The lowest BCUT2D eigenvalue weighted by atomic mass is 9.81. The van der Waals surface area contributed by atoms with Crippen LogP contribution in [0.15, 0.2) is 88.3 Å². The van der Waals surface area contributed by atoms with Crippen molar-refractivity contribution in [1.29, 1.82) is 0 Å². The highest BCUT2D eigenvalue weighted by Gasteiger charge is 2.24. The summed E-state index contributed by atoms with van der Waals surface area (Å²) in [5, 5.41) is 0. The number of nitrogen functional groups attached to an aromatic ring is 1. The van der Waals surface area contributed by atoms with Crippen molar-refractivity contribution in [2.75, 3.05) is 5.73 Å². The fourth-order valence-electron chi connectivity index (χ4n) is 3.36. The first-order valence-corrected chi connectivity index (χ1v) is 9.41. The molecule has 6 N–H and O–H groups in total. The van der Waals surface area contributed by atoms with E-state index in [2.05, 4.69) is 27.7 Å². The lowest BCUT2D eigenvalue weighted by Gasteiger charge is -2.28. The number of para-hydroxylation sites is 1. The highest BCUT2D eigenvalue weighted by atomic mass is 16.5. The summed E-state index contributed by atoms with van der Waals surface area (Å²) in [5.41, 5.74) is 24.9. The second kappa shape index (κ2) is 9.18. The molecule has 0 fully saturated rings. The summed E-state index contributed by atoms with van der Waals surface area (Å²) in [4.78, 5) is 0.